The van der Waals surface area contributed by atoms with Gasteiger partial charge in [-0.15, -0.1) is 0 Å². The highest BCUT2D eigenvalue weighted by molar-refractivity contribution is 5.78. The van der Waals surface area contributed by atoms with Crippen LogP contribution in [0.5, 0.6) is 5.75 Å². The zero-order valence-electron chi connectivity index (χ0n) is 11.8. The highest BCUT2D eigenvalue weighted by Crippen LogP contribution is 2.11. The molecule has 1 aromatic carbocycles. The molecular weight excluding hydrogens is 256 g/mol. The van der Waals surface area contributed by atoms with Gasteiger partial charge in [-0.05, 0) is 24.2 Å². The number of rotatable bonds is 5. The summed E-state index contributed by atoms with van der Waals surface area (Å²) < 4.78 is 5.63. The first-order valence-electron chi connectivity index (χ1n) is 7.06. The van der Waals surface area contributed by atoms with E-state index in [1.54, 1.807) is 18.2 Å². The average molecular weight is 278 g/mol. The summed E-state index contributed by atoms with van der Waals surface area (Å²) in [7, 11) is 0. The number of hydrogen-bond acceptors (Lipinski definition) is 4. The molecule has 5 nitrogen and oxygen atoms in total. The molecule has 0 saturated carbocycles. The molecule has 5 heteroatoms. The van der Waals surface area contributed by atoms with Gasteiger partial charge in [0.2, 0.25) is 5.91 Å². The smallest absolute Gasteiger partial charge is 0.224 e. The van der Waals surface area contributed by atoms with Crippen LogP contribution in [0, 0.1) is 0 Å². The minimum Gasteiger partial charge on any atom is -0.508 e. The summed E-state index contributed by atoms with van der Waals surface area (Å²) >= 11 is 0. The summed E-state index contributed by atoms with van der Waals surface area (Å²) in [5, 5.41) is 12.3. The number of amides is 1. The van der Waals surface area contributed by atoms with E-state index in [1.807, 2.05) is 6.07 Å². The quantitative estimate of drug-likeness (QED) is 0.835. The molecule has 1 aliphatic rings. The maximum atomic E-state index is 11.9. The van der Waals surface area contributed by atoms with Crippen molar-refractivity contribution in [2.45, 2.75) is 19.4 Å². The molecule has 0 aliphatic carbocycles. The lowest BCUT2D eigenvalue weighted by Gasteiger charge is -2.32. The maximum Gasteiger partial charge on any atom is 0.224 e. The molecule has 0 spiro atoms. The van der Waals surface area contributed by atoms with Crippen LogP contribution in [0.4, 0.5) is 0 Å². The number of aromatic hydroxyl groups is 1. The summed E-state index contributed by atoms with van der Waals surface area (Å²) in [6.07, 6.45) is 0.343. The third-order valence-electron chi connectivity index (χ3n) is 3.47. The Balaban J connectivity index is 1.75. The number of carbonyl (C=O) groups excluding carboxylic acids is 1. The topological polar surface area (TPSA) is 61.8 Å². The zero-order chi connectivity index (χ0) is 14.4. The molecule has 2 rings (SSSR count). The number of carbonyl (C=O) groups is 1. The van der Waals surface area contributed by atoms with Gasteiger partial charge in [-0.1, -0.05) is 19.1 Å². The van der Waals surface area contributed by atoms with Crippen molar-refractivity contribution in [1.82, 2.24) is 10.2 Å². The van der Waals surface area contributed by atoms with Gasteiger partial charge >= 0.3 is 0 Å². The Hall–Kier alpha value is -1.59. The van der Waals surface area contributed by atoms with Crippen LogP contribution < -0.4 is 5.32 Å². The van der Waals surface area contributed by atoms with Gasteiger partial charge < -0.3 is 15.2 Å². The van der Waals surface area contributed by atoms with Gasteiger partial charge in [0.1, 0.15) is 5.75 Å². The van der Waals surface area contributed by atoms with Crippen LogP contribution in [0.25, 0.3) is 0 Å². The number of nitrogens with zero attached hydrogens (tertiary/aromatic N) is 1. The SMILES string of the molecule is CCN1CCOC(CNC(=O)Cc2cccc(O)c2)C1. The summed E-state index contributed by atoms with van der Waals surface area (Å²) in [4.78, 5) is 14.2. The van der Waals surface area contributed by atoms with E-state index in [0.717, 1.165) is 31.8 Å². The molecule has 2 N–H and O–H groups in total. The summed E-state index contributed by atoms with van der Waals surface area (Å²) in [6.45, 7) is 6.22. The second-order valence-corrected chi connectivity index (χ2v) is 5.04. The second kappa shape index (κ2) is 7.26. The van der Waals surface area contributed by atoms with Crippen molar-refractivity contribution in [3.05, 3.63) is 29.8 Å². The molecule has 0 aromatic heterocycles. The fourth-order valence-electron chi connectivity index (χ4n) is 2.33. The molecule has 1 saturated heterocycles. The van der Waals surface area contributed by atoms with Gasteiger partial charge in [0.05, 0.1) is 19.1 Å². The van der Waals surface area contributed by atoms with E-state index in [9.17, 15) is 9.90 Å². The van der Waals surface area contributed by atoms with Crippen LogP contribution in [0.15, 0.2) is 24.3 Å². The average Bonchev–Trinajstić information content (AvgIpc) is 2.45. The summed E-state index contributed by atoms with van der Waals surface area (Å²) in [5.74, 6) is 0.136. The number of benzene rings is 1. The predicted octanol–water partition coefficient (Wildman–Crippen LogP) is 0.772. The monoisotopic (exact) mass is 278 g/mol. The van der Waals surface area contributed by atoms with Gasteiger partial charge in [-0.25, -0.2) is 0 Å². The molecule has 0 bridgehead atoms. The predicted molar refractivity (Wildman–Crippen MR) is 76.7 cm³/mol. The number of likely N-dealkylation sites (N-methyl/N-ethyl adjacent to an activating group) is 1. The van der Waals surface area contributed by atoms with Crippen molar-refractivity contribution in [3.63, 3.8) is 0 Å². The van der Waals surface area contributed by atoms with Crippen molar-refractivity contribution in [2.75, 3.05) is 32.8 Å². The second-order valence-electron chi connectivity index (χ2n) is 5.04. The Labute approximate surface area is 119 Å². The third-order valence-corrected chi connectivity index (χ3v) is 3.47. The first-order valence-corrected chi connectivity index (χ1v) is 7.06. The minimum atomic E-state index is -0.0483. The molecule has 1 aliphatic heterocycles. The van der Waals surface area contributed by atoms with Crippen LogP contribution >= 0.6 is 0 Å². The first-order chi connectivity index (χ1) is 9.67. The van der Waals surface area contributed by atoms with E-state index in [0.29, 0.717) is 6.54 Å². The number of phenolic OH excluding ortho intramolecular Hbond substituents is 1. The van der Waals surface area contributed by atoms with E-state index in [2.05, 4.69) is 17.1 Å². The largest absolute Gasteiger partial charge is 0.508 e. The van der Waals surface area contributed by atoms with Gasteiger partial charge in [0, 0.05) is 19.6 Å². The zero-order valence-corrected chi connectivity index (χ0v) is 11.8. The normalized spacial score (nSPS) is 19.8. The molecule has 1 atom stereocenters. The highest BCUT2D eigenvalue weighted by Gasteiger charge is 2.19. The molecule has 1 aromatic rings. The Bertz CT molecular complexity index is 450. The standard InChI is InChI=1S/C15H22N2O3/c1-2-17-6-7-20-14(11-17)10-16-15(19)9-12-4-3-5-13(18)8-12/h3-5,8,14,18H,2,6-7,9-11H2,1H3,(H,16,19). The Morgan fingerprint density at radius 3 is 3.15 bits per heavy atom. The first kappa shape index (κ1) is 14.8. The lowest BCUT2D eigenvalue weighted by Crippen LogP contribution is -2.47. The summed E-state index contributed by atoms with van der Waals surface area (Å²) in [6, 6.07) is 6.77. The number of hydrogen-bond donors (Lipinski definition) is 2. The molecule has 1 fully saturated rings. The fraction of sp³-hybridized carbons (Fsp3) is 0.533. The Kier molecular flexibility index (Phi) is 5.38. The van der Waals surface area contributed by atoms with Crippen molar-refractivity contribution in [3.8, 4) is 5.75 Å². The van der Waals surface area contributed by atoms with Gasteiger partial charge in [0.25, 0.3) is 0 Å². The maximum absolute atomic E-state index is 11.9. The third kappa shape index (κ3) is 4.51. The molecule has 0 radical (unpaired) electrons. The molecule has 1 heterocycles. The molecular formula is C15H22N2O3. The van der Waals surface area contributed by atoms with E-state index in [1.165, 1.54) is 0 Å². The van der Waals surface area contributed by atoms with Crippen molar-refractivity contribution < 1.29 is 14.6 Å². The number of morpholine rings is 1. The van der Waals surface area contributed by atoms with Crippen molar-refractivity contribution >= 4 is 5.91 Å². The van der Waals surface area contributed by atoms with E-state index in [4.69, 9.17) is 4.74 Å². The van der Waals surface area contributed by atoms with Crippen LogP contribution in [0.3, 0.4) is 0 Å². The Morgan fingerprint density at radius 1 is 1.55 bits per heavy atom. The van der Waals surface area contributed by atoms with Crippen molar-refractivity contribution in [1.29, 1.82) is 0 Å². The number of phenols is 1. The van der Waals surface area contributed by atoms with Crippen molar-refractivity contribution in [2.24, 2.45) is 0 Å². The van der Waals surface area contributed by atoms with E-state index in [-0.39, 0.29) is 24.2 Å². The molecule has 1 amide bonds. The number of nitrogens with one attached hydrogen (secondary N) is 1. The van der Waals surface area contributed by atoms with Crippen LogP contribution in [0.2, 0.25) is 0 Å². The van der Waals surface area contributed by atoms with Crippen LogP contribution in [-0.2, 0) is 16.0 Å². The minimum absolute atomic E-state index is 0.0483. The van der Waals surface area contributed by atoms with Gasteiger partial charge in [-0.2, -0.15) is 0 Å². The van der Waals surface area contributed by atoms with Crippen LogP contribution in [-0.4, -0.2) is 54.8 Å². The Morgan fingerprint density at radius 2 is 2.40 bits per heavy atom. The van der Waals surface area contributed by atoms with E-state index >= 15 is 0 Å². The molecule has 1 unspecified atom stereocenters. The van der Waals surface area contributed by atoms with Crippen LogP contribution in [0.1, 0.15) is 12.5 Å². The molecule has 110 valence electrons. The lowest BCUT2D eigenvalue weighted by molar-refractivity contribution is -0.121. The molecule has 20 heavy (non-hydrogen) atoms. The number of ether oxygens (including phenoxy) is 1. The summed E-state index contributed by atoms with van der Waals surface area (Å²) in [5.41, 5.74) is 0.808. The lowest BCUT2D eigenvalue weighted by atomic mass is 10.1. The van der Waals surface area contributed by atoms with Gasteiger partial charge in [-0.3, -0.25) is 9.69 Å². The van der Waals surface area contributed by atoms with E-state index < -0.39 is 0 Å². The van der Waals surface area contributed by atoms with Gasteiger partial charge in [0.15, 0.2) is 0 Å². The highest BCUT2D eigenvalue weighted by atomic mass is 16.5. The fourth-order valence-corrected chi connectivity index (χ4v) is 2.33.